The molecule has 1 heterocycles. The Morgan fingerprint density at radius 1 is 1.38 bits per heavy atom. The molecule has 2 aliphatic rings. The molecule has 21 heavy (non-hydrogen) atoms. The van der Waals surface area contributed by atoms with Gasteiger partial charge in [-0.05, 0) is 26.7 Å². The SMILES string of the molecule is COC(=O)C(C)(C)NC(=O)C1(N)C2CCCOC2C1(C)C. The number of nitrogens with one attached hydrogen (secondary N) is 1. The molecule has 0 spiro atoms. The summed E-state index contributed by atoms with van der Waals surface area (Å²) in [7, 11) is 1.30. The summed E-state index contributed by atoms with van der Waals surface area (Å²) in [5.74, 6) is -0.808. The van der Waals surface area contributed by atoms with Gasteiger partial charge in [0, 0.05) is 17.9 Å². The average Bonchev–Trinajstić information content (AvgIpc) is 2.44. The first-order valence-corrected chi connectivity index (χ1v) is 7.40. The van der Waals surface area contributed by atoms with E-state index in [-0.39, 0.29) is 17.9 Å². The smallest absolute Gasteiger partial charge is 0.330 e. The Balaban J connectivity index is 2.20. The molecule has 3 N–H and O–H groups in total. The molecule has 3 atom stereocenters. The van der Waals surface area contributed by atoms with Crippen LogP contribution in [-0.2, 0) is 19.1 Å². The quantitative estimate of drug-likeness (QED) is 0.744. The summed E-state index contributed by atoms with van der Waals surface area (Å²) in [5, 5.41) is 2.74. The molecule has 2 rings (SSSR count). The van der Waals surface area contributed by atoms with Gasteiger partial charge in [0.2, 0.25) is 5.91 Å². The van der Waals surface area contributed by atoms with Crippen LogP contribution in [0.1, 0.15) is 40.5 Å². The number of rotatable bonds is 3. The molecule has 120 valence electrons. The van der Waals surface area contributed by atoms with E-state index in [0.29, 0.717) is 0 Å². The van der Waals surface area contributed by atoms with Crippen molar-refractivity contribution in [1.29, 1.82) is 0 Å². The highest BCUT2D eigenvalue weighted by atomic mass is 16.5. The fraction of sp³-hybridized carbons (Fsp3) is 0.867. The van der Waals surface area contributed by atoms with Crippen molar-refractivity contribution < 1.29 is 19.1 Å². The maximum atomic E-state index is 12.8. The Hall–Kier alpha value is -1.14. The highest BCUT2D eigenvalue weighted by molar-refractivity contribution is 5.94. The molecule has 3 unspecified atom stereocenters. The summed E-state index contributed by atoms with van der Waals surface area (Å²) < 4.78 is 10.5. The number of fused-ring (bicyclic) bond motifs is 1. The second kappa shape index (κ2) is 4.95. The monoisotopic (exact) mass is 298 g/mol. The van der Waals surface area contributed by atoms with Gasteiger partial charge in [-0.3, -0.25) is 4.79 Å². The van der Waals surface area contributed by atoms with Crippen LogP contribution >= 0.6 is 0 Å². The van der Waals surface area contributed by atoms with E-state index in [1.165, 1.54) is 7.11 Å². The molecule has 1 aliphatic heterocycles. The lowest BCUT2D eigenvalue weighted by Gasteiger charge is -2.65. The fourth-order valence-corrected chi connectivity index (χ4v) is 3.73. The van der Waals surface area contributed by atoms with Crippen molar-refractivity contribution in [3.63, 3.8) is 0 Å². The molecule has 0 aromatic heterocycles. The molecule has 6 heteroatoms. The van der Waals surface area contributed by atoms with E-state index in [2.05, 4.69) is 5.32 Å². The first kappa shape index (κ1) is 16.2. The zero-order valence-electron chi connectivity index (χ0n) is 13.5. The van der Waals surface area contributed by atoms with Crippen LogP contribution in [0.25, 0.3) is 0 Å². The van der Waals surface area contributed by atoms with Gasteiger partial charge in [0.25, 0.3) is 0 Å². The Bertz CT molecular complexity index is 461. The molecule has 1 amide bonds. The molecule has 6 nitrogen and oxygen atoms in total. The van der Waals surface area contributed by atoms with Crippen LogP contribution in [-0.4, -0.2) is 42.8 Å². The van der Waals surface area contributed by atoms with E-state index in [4.69, 9.17) is 15.2 Å². The summed E-state index contributed by atoms with van der Waals surface area (Å²) in [6, 6.07) is 0. The van der Waals surface area contributed by atoms with E-state index in [0.717, 1.165) is 19.4 Å². The Labute approximate surface area is 125 Å². The molecule has 1 aliphatic carbocycles. The van der Waals surface area contributed by atoms with Crippen molar-refractivity contribution in [2.24, 2.45) is 17.1 Å². The maximum Gasteiger partial charge on any atom is 0.330 e. The Kier molecular flexibility index (Phi) is 3.83. The molecule has 0 radical (unpaired) electrons. The van der Waals surface area contributed by atoms with E-state index in [9.17, 15) is 9.59 Å². The predicted molar refractivity (Wildman–Crippen MR) is 77.4 cm³/mol. The van der Waals surface area contributed by atoms with Crippen LogP contribution < -0.4 is 11.1 Å². The van der Waals surface area contributed by atoms with E-state index in [1.807, 2.05) is 13.8 Å². The third kappa shape index (κ3) is 2.16. The van der Waals surface area contributed by atoms with Crippen LogP contribution in [0.3, 0.4) is 0 Å². The first-order valence-electron chi connectivity index (χ1n) is 7.40. The predicted octanol–water partition coefficient (Wildman–Crippen LogP) is 0.587. The topological polar surface area (TPSA) is 90.7 Å². The van der Waals surface area contributed by atoms with E-state index >= 15 is 0 Å². The molecular formula is C15H26N2O4. The number of methoxy groups -OCH3 is 1. The largest absolute Gasteiger partial charge is 0.467 e. The summed E-state index contributed by atoms with van der Waals surface area (Å²) in [5.41, 5.74) is 3.89. The Morgan fingerprint density at radius 3 is 2.57 bits per heavy atom. The highest BCUT2D eigenvalue weighted by Crippen LogP contribution is 2.57. The van der Waals surface area contributed by atoms with Gasteiger partial charge in [-0.2, -0.15) is 0 Å². The lowest BCUT2D eigenvalue weighted by atomic mass is 9.46. The molecular weight excluding hydrogens is 272 g/mol. The van der Waals surface area contributed by atoms with Gasteiger partial charge >= 0.3 is 5.97 Å². The van der Waals surface area contributed by atoms with Crippen LogP contribution in [0.2, 0.25) is 0 Å². The molecule has 2 fully saturated rings. The van der Waals surface area contributed by atoms with Crippen molar-refractivity contribution in [2.45, 2.75) is 57.7 Å². The minimum atomic E-state index is -1.10. The number of hydrogen-bond acceptors (Lipinski definition) is 5. The third-order valence-electron chi connectivity index (χ3n) is 5.18. The highest BCUT2D eigenvalue weighted by Gasteiger charge is 2.70. The maximum absolute atomic E-state index is 12.8. The Morgan fingerprint density at radius 2 is 2.00 bits per heavy atom. The van der Waals surface area contributed by atoms with Crippen LogP contribution in [0.4, 0.5) is 0 Å². The molecule has 0 bridgehead atoms. The molecule has 1 saturated carbocycles. The number of carbonyl (C=O) groups is 2. The molecule has 1 saturated heterocycles. The second-order valence-electron chi connectivity index (χ2n) is 7.20. The van der Waals surface area contributed by atoms with Crippen molar-refractivity contribution >= 4 is 11.9 Å². The zero-order valence-corrected chi connectivity index (χ0v) is 13.5. The first-order chi connectivity index (χ1) is 9.59. The fourth-order valence-electron chi connectivity index (χ4n) is 3.73. The lowest BCUT2D eigenvalue weighted by molar-refractivity contribution is -0.226. The van der Waals surface area contributed by atoms with Gasteiger partial charge in [0.1, 0.15) is 11.1 Å². The van der Waals surface area contributed by atoms with Gasteiger partial charge in [0.05, 0.1) is 13.2 Å². The summed E-state index contributed by atoms with van der Waals surface area (Å²) in [6.07, 6.45) is 1.78. The number of carbonyl (C=O) groups excluding carboxylic acids is 2. The average molecular weight is 298 g/mol. The molecule has 0 aromatic rings. The summed E-state index contributed by atoms with van der Waals surface area (Å²) >= 11 is 0. The normalized spacial score (nSPS) is 34.4. The minimum Gasteiger partial charge on any atom is -0.467 e. The standard InChI is InChI=1S/C15H26N2O4/c1-13(2)10-9(7-6-8-21-10)15(13,16)11(18)17-14(3,4)12(19)20-5/h9-10H,6-8,16H2,1-5H3,(H,17,18). The number of ether oxygens (including phenoxy) is 2. The van der Waals surface area contributed by atoms with Gasteiger partial charge in [-0.25, -0.2) is 4.79 Å². The second-order valence-corrected chi connectivity index (χ2v) is 7.20. The van der Waals surface area contributed by atoms with Crippen molar-refractivity contribution in [3.05, 3.63) is 0 Å². The van der Waals surface area contributed by atoms with Crippen LogP contribution in [0, 0.1) is 11.3 Å². The third-order valence-corrected chi connectivity index (χ3v) is 5.18. The summed E-state index contributed by atoms with van der Waals surface area (Å²) in [4.78, 5) is 24.5. The number of nitrogens with two attached hydrogens (primary N) is 1. The van der Waals surface area contributed by atoms with E-state index < -0.39 is 22.5 Å². The van der Waals surface area contributed by atoms with Crippen LogP contribution in [0.5, 0.6) is 0 Å². The van der Waals surface area contributed by atoms with Gasteiger partial charge in [0.15, 0.2) is 0 Å². The lowest BCUT2D eigenvalue weighted by Crippen LogP contribution is -2.83. The summed E-state index contributed by atoms with van der Waals surface area (Å²) in [6.45, 7) is 7.84. The van der Waals surface area contributed by atoms with Crippen molar-refractivity contribution in [1.82, 2.24) is 5.32 Å². The minimum absolute atomic E-state index is 0.00300. The number of esters is 1. The van der Waals surface area contributed by atoms with Crippen LogP contribution in [0.15, 0.2) is 0 Å². The van der Waals surface area contributed by atoms with Gasteiger partial charge in [-0.1, -0.05) is 13.8 Å². The zero-order chi connectivity index (χ0) is 16.1. The van der Waals surface area contributed by atoms with Crippen molar-refractivity contribution in [3.8, 4) is 0 Å². The number of hydrogen-bond donors (Lipinski definition) is 2. The van der Waals surface area contributed by atoms with Gasteiger partial charge in [-0.15, -0.1) is 0 Å². The van der Waals surface area contributed by atoms with Crippen molar-refractivity contribution in [2.75, 3.05) is 13.7 Å². The molecule has 0 aromatic carbocycles. The number of amides is 1. The van der Waals surface area contributed by atoms with E-state index in [1.54, 1.807) is 13.8 Å². The van der Waals surface area contributed by atoms with Gasteiger partial charge < -0.3 is 20.5 Å².